The van der Waals surface area contributed by atoms with Crippen LogP contribution >= 0.6 is 0 Å². The van der Waals surface area contributed by atoms with Gasteiger partial charge >= 0.3 is 5.97 Å². The third-order valence-electron chi connectivity index (χ3n) is 15.1. The second-order valence-electron chi connectivity index (χ2n) is 22.5. The number of amides is 1. The van der Waals surface area contributed by atoms with Gasteiger partial charge in [0.25, 0.3) is 0 Å². The predicted octanol–water partition coefficient (Wildman–Crippen LogP) is 15.8. The van der Waals surface area contributed by atoms with Crippen LogP contribution in [0, 0.1) is 0 Å². The van der Waals surface area contributed by atoms with Crippen molar-refractivity contribution in [1.82, 2.24) is 5.32 Å². The molecular formula is C67H121NO10. The van der Waals surface area contributed by atoms with Gasteiger partial charge in [-0.3, -0.25) is 9.59 Å². The summed E-state index contributed by atoms with van der Waals surface area (Å²) in [6, 6.07) is -1.03. The summed E-state index contributed by atoms with van der Waals surface area (Å²) in [4.78, 5) is 26.6. The molecule has 11 nitrogen and oxygen atoms in total. The van der Waals surface area contributed by atoms with Crippen molar-refractivity contribution in [3.63, 3.8) is 0 Å². The second kappa shape index (κ2) is 54.9. The van der Waals surface area contributed by atoms with Crippen molar-refractivity contribution in [2.45, 2.75) is 339 Å². The summed E-state index contributed by atoms with van der Waals surface area (Å²) >= 11 is 0. The number of nitrogens with one attached hydrogen (secondary N) is 1. The summed E-state index contributed by atoms with van der Waals surface area (Å²) < 4.78 is 17.6. The lowest BCUT2D eigenvalue weighted by Crippen LogP contribution is -2.61. The van der Waals surface area contributed by atoms with Crippen molar-refractivity contribution in [2.75, 3.05) is 13.2 Å². The molecule has 0 aliphatic carbocycles. The van der Waals surface area contributed by atoms with Crippen LogP contribution in [0.5, 0.6) is 0 Å². The standard InChI is InChI=1S/C67H121NO10/c1-4-7-10-13-16-19-22-25-27-29-30-31-32-33-35-37-40-43-46-49-52-55-62(72)78-65-64(74)63(73)61(56-69)77-67(65)76-57-58(59(70)53-50-47-44-41-38-24-21-18-15-12-9-6-3)68-66(75)60(71)54-51-48-45-42-39-36-34-28-26-23-20-17-14-11-8-5-2/h16-17,19-20,25-28,50,53,58-61,63-65,67,69-71,73-74H,4-15,18,21-24,29-49,51-52,54-57H2,1-3H3,(H,68,75)/b19-16-,20-17-,27-25-,28-26-,53-50+. The Morgan fingerprint density at radius 3 is 1.33 bits per heavy atom. The zero-order valence-electron chi connectivity index (χ0n) is 50.3. The lowest BCUT2D eigenvalue weighted by molar-refractivity contribution is -0.305. The average molecular weight is 1100 g/mol. The van der Waals surface area contributed by atoms with E-state index < -0.39 is 67.4 Å². The lowest BCUT2D eigenvalue weighted by atomic mass is 9.99. The van der Waals surface area contributed by atoms with Crippen molar-refractivity contribution in [3.05, 3.63) is 60.8 Å². The summed E-state index contributed by atoms with van der Waals surface area (Å²) in [5.41, 5.74) is 0. The van der Waals surface area contributed by atoms with E-state index in [1.807, 2.05) is 6.08 Å². The summed E-state index contributed by atoms with van der Waals surface area (Å²) in [7, 11) is 0. The molecule has 0 aromatic rings. The van der Waals surface area contributed by atoms with Crippen molar-refractivity contribution >= 4 is 11.9 Å². The summed E-state index contributed by atoms with van der Waals surface area (Å²) in [6.07, 6.45) is 58.2. The van der Waals surface area contributed by atoms with Gasteiger partial charge in [-0.2, -0.15) is 0 Å². The minimum atomic E-state index is -1.62. The summed E-state index contributed by atoms with van der Waals surface area (Å²) in [6.45, 7) is 5.75. The number of aliphatic hydroxyl groups is 5. The molecule has 78 heavy (non-hydrogen) atoms. The molecule has 0 bridgehead atoms. The van der Waals surface area contributed by atoms with Gasteiger partial charge in [-0.1, -0.05) is 255 Å². The fraction of sp³-hybridized carbons (Fsp3) is 0.821. The molecule has 0 aromatic carbocycles. The molecule has 1 heterocycles. The number of carbonyl (C=O) groups excluding carboxylic acids is 2. The zero-order valence-corrected chi connectivity index (χ0v) is 50.3. The zero-order chi connectivity index (χ0) is 56.8. The SMILES string of the molecule is CCCCC/C=C\C/C=C\CCCCCCCCCCCCCC(=O)OC1C(OCC(NC(=O)C(O)CCCCCCCC/C=C\C/C=C\CCCCC)C(O)/C=C/CCCCCCCCCCCC)OC(CO)C(O)C1O. The fourth-order valence-electron chi connectivity index (χ4n) is 9.95. The number of esters is 1. The Morgan fingerprint density at radius 2 is 0.885 bits per heavy atom. The topological polar surface area (TPSA) is 175 Å². The number of hydrogen-bond donors (Lipinski definition) is 6. The summed E-state index contributed by atoms with van der Waals surface area (Å²) in [5.74, 6) is -1.20. The number of carbonyl (C=O) groups is 2. The van der Waals surface area contributed by atoms with Gasteiger partial charge in [0.05, 0.1) is 25.4 Å². The van der Waals surface area contributed by atoms with E-state index in [1.165, 1.54) is 154 Å². The molecule has 8 unspecified atom stereocenters. The van der Waals surface area contributed by atoms with Crippen LogP contribution in [-0.2, 0) is 23.8 Å². The monoisotopic (exact) mass is 1100 g/mol. The Kier molecular flexibility index (Phi) is 51.7. The van der Waals surface area contributed by atoms with Gasteiger partial charge in [0.2, 0.25) is 5.91 Å². The third-order valence-corrected chi connectivity index (χ3v) is 15.1. The third kappa shape index (κ3) is 42.2. The van der Waals surface area contributed by atoms with Crippen LogP contribution in [0.3, 0.4) is 0 Å². The van der Waals surface area contributed by atoms with E-state index in [9.17, 15) is 35.1 Å². The first kappa shape index (κ1) is 73.4. The van der Waals surface area contributed by atoms with Crippen LogP contribution < -0.4 is 5.32 Å². The number of aliphatic hydroxyl groups excluding tert-OH is 5. The molecular weight excluding hydrogens is 979 g/mol. The Morgan fingerprint density at radius 1 is 0.500 bits per heavy atom. The van der Waals surface area contributed by atoms with E-state index in [4.69, 9.17) is 14.2 Å². The van der Waals surface area contributed by atoms with E-state index >= 15 is 0 Å². The van der Waals surface area contributed by atoms with Crippen LogP contribution in [0.4, 0.5) is 0 Å². The molecule has 0 spiro atoms. The first-order valence-corrected chi connectivity index (χ1v) is 32.6. The minimum Gasteiger partial charge on any atom is -0.454 e. The van der Waals surface area contributed by atoms with Crippen LogP contribution in [0.1, 0.15) is 290 Å². The molecule has 1 aliphatic heterocycles. The Hall–Kier alpha value is -2.64. The van der Waals surface area contributed by atoms with Gasteiger partial charge in [-0.05, 0) is 89.9 Å². The highest BCUT2D eigenvalue weighted by Crippen LogP contribution is 2.26. The van der Waals surface area contributed by atoms with E-state index in [1.54, 1.807) is 6.08 Å². The molecule has 0 radical (unpaired) electrons. The first-order valence-electron chi connectivity index (χ1n) is 32.6. The van der Waals surface area contributed by atoms with Crippen molar-refractivity contribution in [2.24, 2.45) is 0 Å². The smallest absolute Gasteiger partial charge is 0.306 e. The first-order chi connectivity index (χ1) is 38.2. The average Bonchev–Trinajstić information content (AvgIpc) is 3.45. The molecule has 8 atom stereocenters. The van der Waals surface area contributed by atoms with Crippen molar-refractivity contribution in [3.8, 4) is 0 Å². The molecule has 6 N–H and O–H groups in total. The van der Waals surface area contributed by atoms with Gasteiger partial charge in [0.15, 0.2) is 12.4 Å². The second-order valence-corrected chi connectivity index (χ2v) is 22.5. The fourth-order valence-corrected chi connectivity index (χ4v) is 9.95. The highest BCUT2D eigenvalue weighted by molar-refractivity contribution is 5.80. The van der Waals surface area contributed by atoms with Crippen LogP contribution in [-0.4, -0.2) is 99.6 Å². The largest absolute Gasteiger partial charge is 0.454 e. The molecule has 1 fully saturated rings. The number of ether oxygens (including phenoxy) is 3. The molecule has 1 amide bonds. The molecule has 1 aliphatic rings. The number of unbranched alkanes of at least 4 members (excludes halogenated alkanes) is 33. The van der Waals surface area contributed by atoms with E-state index in [0.29, 0.717) is 12.8 Å². The molecule has 0 saturated carbocycles. The van der Waals surface area contributed by atoms with E-state index in [2.05, 4.69) is 74.7 Å². The number of rotatable bonds is 55. The van der Waals surface area contributed by atoms with Crippen molar-refractivity contribution in [1.29, 1.82) is 0 Å². The molecule has 0 aromatic heterocycles. The molecule has 11 heteroatoms. The highest BCUT2D eigenvalue weighted by Gasteiger charge is 2.47. The maximum atomic E-state index is 13.4. The van der Waals surface area contributed by atoms with Gasteiger partial charge < -0.3 is 45.1 Å². The Balaban J connectivity index is 2.64. The van der Waals surface area contributed by atoms with E-state index in [0.717, 1.165) is 89.9 Å². The molecule has 1 rings (SSSR count). The number of allylic oxidation sites excluding steroid dienone is 9. The highest BCUT2D eigenvalue weighted by atomic mass is 16.7. The summed E-state index contributed by atoms with van der Waals surface area (Å²) in [5, 5.41) is 57.0. The van der Waals surface area contributed by atoms with Gasteiger partial charge in [-0.15, -0.1) is 0 Å². The Labute approximate surface area is 478 Å². The quantitative estimate of drug-likeness (QED) is 0.0195. The normalized spacial score (nSPS) is 19.3. The van der Waals surface area contributed by atoms with E-state index in [-0.39, 0.29) is 19.4 Å². The van der Waals surface area contributed by atoms with Crippen molar-refractivity contribution < 1.29 is 49.3 Å². The van der Waals surface area contributed by atoms with Gasteiger partial charge in [0, 0.05) is 6.42 Å². The molecule has 1 saturated heterocycles. The minimum absolute atomic E-state index is 0.120. The van der Waals surface area contributed by atoms with Gasteiger partial charge in [-0.25, -0.2) is 0 Å². The van der Waals surface area contributed by atoms with Crippen LogP contribution in [0.15, 0.2) is 60.8 Å². The Bertz CT molecular complexity index is 1500. The maximum absolute atomic E-state index is 13.4. The lowest BCUT2D eigenvalue weighted by Gasteiger charge is -2.41. The number of hydrogen-bond acceptors (Lipinski definition) is 10. The predicted molar refractivity (Wildman–Crippen MR) is 324 cm³/mol. The maximum Gasteiger partial charge on any atom is 0.306 e. The molecule has 454 valence electrons. The van der Waals surface area contributed by atoms with Gasteiger partial charge in [0.1, 0.15) is 24.4 Å². The van der Waals surface area contributed by atoms with Crippen LogP contribution in [0.2, 0.25) is 0 Å². The van der Waals surface area contributed by atoms with Crippen LogP contribution in [0.25, 0.3) is 0 Å².